The molecule has 1 aliphatic rings. The molecule has 0 saturated heterocycles. The first-order valence-corrected chi connectivity index (χ1v) is 6.21. The standard InChI is InChI=1S/C12H12N6O3/c1-17-15-11(14-16-17)13-12(21)18-8-5-3-2-4-7(8)6-9(18)10(19)20/h2-5,9H,6H2,1H3,(H,19,20)(H,13,15,21)/t9-/m0/s1. The average molecular weight is 288 g/mol. The highest BCUT2D eigenvalue weighted by Gasteiger charge is 2.38. The van der Waals surface area contributed by atoms with Gasteiger partial charge in [0, 0.05) is 12.1 Å². The van der Waals surface area contributed by atoms with Gasteiger partial charge in [0.1, 0.15) is 6.04 Å². The largest absolute Gasteiger partial charge is 0.480 e. The zero-order valence-corrected chi connectivity index (χ0v) is 11.1. The van der Waals surface area contributed by atoms with E-state index in [4.69, 9.17) is 0 Å². The van der Waals surface area contributed by atoms with Crippen molar-refractivity contribution in [3.63, 3.8) is 0 Å². The number of carbonyl (C=O) groups is 2. The van der Waals surface area contributed by atoms with Crippen LogP contribution in [0.4, 0.5) is 16.4 Å². The lowest BCUT2D eigenvalue weighted by Gasteiger charge is -2.21. The van der Waals surface area contributed by atoms with Crippen LogP contribution in [-0.2, 0) is 18.3 Å². The maximum atomic E-state index is 12.3. The molecule has 0 radical (unpaired) electrons. The Morgan fingerprint density at radius 3 is 2.81 bits per heavy atom. The summed E-state index contributed by atoms with van der Waals surface area (Å²) in [6.45, 7) is 0. The van der Waals surface area contributed by atoms with Gasteiger partial charge in [-0.1, -0.05) is 23.3 Å². The van der Waals surface area contributed by atoms with Gasteiger partial charge in [-0.05, 0) is 16.8 Å². The highest BCUT2D eigenvalue weighted by atomic mass is 16.4. The first-order chi connectivity index (χ1) is 10.1. The van der Waals surface area contributed by atoms with Crippen LogP contribution >= 0.6 is 0 Å². The van der Waals surface area contributed by atoms with Crippen molar-refractivity contribution in [3.8, 4) is 0 Å². The molecule has 0 aliphatic carbocycles. The molecular formula is C12H12N6O3. The molecule has 0 unspecified atom stereocenters. The molecule has 1 atom stereocenters. The minimum absolute atomic E-state index is 0.0241. The summed E-state index contributed by atoms with van der Waals surface area (Å²) in [7, 11) is 1.56. The van der Waals surface area contributed by atoms with Crippen molar-refractivity contribution in [1.82, 2.24) is 20.2 Å². The summed E-state index contributed by atoms with van der Waals surface area (Å²) < 4.78 is 0. The quantitative estimate of drug-likeness (QED) is 0.819. The normalized spacial score (nSPS) is 16.6. The number of nitrogens with one attached hydrogen (secondary N) is 1. The fourth-order valence-corrected chi connectivity index (χ4v) is 2.32. The van der Waals surface area contributed by atoms with Crippen LogP contribution in [0.3, 0.4) is 0 Å². The van der Waals surface area contributed by atoms with E-state index in [0.29, 0.717) is 5.69 Å². The van der Waals surface area contributed by atoms with Crippen LogP contribution < -0.4 is 10.2 Å². The second kappa shape index (κ2) is 4.85. The van der Waals surface area contributed by atoms with Crippen molar-refractivity contribution in [2.75, 3.05) is 10.2 Å². The van der Waals surface area contributed by atoms with Crippen molar-refractivity contribution < 1.29 is 14.7 Å². The summed E-state index contributed by atoms with van der Waals surface area (Å²) in [4.78, 5) is 26.1. The fourth-order valence-electron chi connectivity index (χ4n) is 2.32. The van der Waals surface area contributed by atoms with Crippen LogP contribution in [0.25, 0.3) is 0 Å². The van der Waals surface area contributed by atoms with E-state index in [1.165, 1.54) is 9.70 Å². The number of hydrogen-bond acceptors (Lipinski definition) is 5. The van der Waals surface area contributed by atoms with Gasteiger partial charge in [-0.2, -0.15) is 4.80 Å². The minimum Gasteiger partial charge on any atom is -0.480 e. The molecule has 0 fully saturated rings. The molecule has 9 nitrogen and oxygen atoms in total. The van der Waals surface area contributed by atoms with E-state index < -0.39 is 18.0 Å². The number of fused-ring (bicyclic) bond motifs is 1. The highest BCUT2D eigenvalue weighted by Crippen LogP contribution is 2.32. The number of rotatable bonds is 2. The minimum atomic E-state index is -1.06. The number of benzene rings is 1. The molecule has 2 amide bonds. The number of carboxylic acid groups (broad SMARTS) is 1. The van der Waals surface area contributed by atoms with E-state index in [9.17, 15) is 14.7 Å². The van der Waals surface area contributed by atoms with Crippen LogP contribution in [0, 0.1) is 0 Å². The first-order valence-electron chi connectivity index (χ1n) is 6.21. The summed E-state index contributed by atoms with van der Waals surface area (Å²) in [5, 5.41) is 22.8. The van der Waals surface area contributed by atoms with Crippen molar-refractivity contribution in [1.29, 1.82) is 0 Å². The number of carbonyl (C=O) groups excluding carboxylic acids is 1. The Morgan fingerprint density at radius 1 is 1.38 bits per heavy atom. The van der Waals surface area contributed by atoms with Gasteiger partial charge < -0.3 is 5.11 Å². The zero-order chi connectivity index (χ0) is 15.0. The van der Waals surface area contributed by atoms with E-state index in [0.717, 1.165) is 5.56 Å². The third kappa shape index (κ3) is 2.29. The van der Waals surface area contributed by atoms with Crippen LogP contribution in [0.15, 0.2) is 24.3 Å². The van der Waals surface area contributed by atoms with Gasteiger partial charge in [0.05, 0.1) is 7.05 Å². The highest BCUT2D eigenvalue weighted by molar-refractivity contribution is 6.06. The average Bonchev–Trinajstić information content (AvgIpc) is 3.02. The summed E-state index contributed by atoms with van der Waals surface area (Å²) in [5.74, 6) is -1.04. The van der Waals surface area contributed by atoms with Gasteiger partial charge >= 0.3 is 12.0 Å². The first kappa shape index (κ1) is 13.0. The Morgan fingerprint density at radius 2 is 2.14 bits per heavy atom. The maximum absolute atomic E-state index is 12.3. The number of urea groups is 1. The molecular weight excluding hydrogens is 276 g/mol. The Kier molecular flexibility index (Phi) is 3.01. The number of nitrogens with zero attached hydrogens (tertiary/aromatic N) is 5. The summed E-state index contributed by atoms with van der Waals surface area (Å²) in [5.41, 5.74) is 1.39. The summed E-state index contributed by atoms with van der Waals surface area (Å²) >= 11 is 0. The Bertz CT molecular complexity index is 713. The number of hydrogen-bond donors (Lipinski definition) is 2. The second-order valence-corrected chi connectivity index (χ2v) is 4.59. The molecule has 2 N–H and O–H groups in total. The monoisotopic (exact) mass is 288 g/mol. The van der Waals surface area contributed by atoms with Crippen molar-refractivity contribution in [2.45, 2.75) is 12.5 Å². The third-order valence-corrected chi connectivity index (χ3v) is 3.21. The maximum Gasteiger partial charge on any atom is 0.329 e. The van der Waals surface area contributed by atoms with Gasteiger partial charge in [-0.15, -0.1) is 5.10 Å². The van der Waals surface area contributed by atoms with Gasteiger partial charge in [0.25, 0.3) is 5.95 Å². The molecule has 1 aromatic carbocycles. The molecule has 1 aliphatic heterocycles. The Labute approximate surface area is 119 Å². The van der Waals surface area contributed by atoms with Gasteiger partial charge in [0.15, 0.2) is 0 Å². The number of aromatic nitrogens is 4. The van der Waals surface area contributed by atoms with Gasteiger partial charge in [-0.25, -0.2) is 9.59 Å². The summed E-state index contributed by atoms with van der Waals surface area (Å²) in [6.07, 6.45) is 0.271. The van der Waals surface area contributed by atoms with Crippen LogP contribution in [-0.4, -0.2) is 43.4 Å². The van der Waals surface area contributed by atoms with Crippen molar-refractivity contribution in [3.05, 3.63) is 29.8 Å². The molecule has 108 valence electrons. The van der Waals surface area contributed by atoms with E-state index in [1.54, 1.807) is 25.2 Å². The lowest BCUT2D eigenvalue weighted by molar-refractivity contribution is -0.138. The lowest BCUT2D eigenvalue weighted by atomic mass is 10.1. The van der Waals surface area contributed by atoms with E-state index in [1.807, 2.05) is 6.07 Å². The SMILES string of the molecule is Cn1nnc(NC(=O)N2c3ccccc3C[C@H]2C(=O)O)n1. The fraction of sp³-hybridized carbons (Fsp3) is 0.250. The molecule has 21 heavy (non-hydrogen) atoms. The lowest BCUT2D eigenvalue weighted by Crippen LogP contribution is -2.45. The number of carboxylic acids is 1. The Balaban J connectivity index is 1.90. The molecule has 9 heteroatoms. The molecule has 0 saturated carbocycles. The molecule has 2 heterocycles. The van der Waals surface area contributed by atoms with Crippen LogP contribution in [0.5, 0.6) is 0 Å². The third-order valence-electron chi connectivity index (χ3n) is 3.21. The number of aryl methyl sites for hydroxylation is 1. The number of anilines is 2. The van der Waals surface area contributed by atoms with Crippen molar-refractivity contribution >= 4 is 23.6 Å². The Hall–Kier alpha value is -2.97. The molecule has 0 spiro atoms. The molecule has 3 rings (SSSR count). The zero-order valence-electron chi connectivity index (χ0n) is 11.1. The number of amides is 2. The smallest absolute Gasteiger partial charge is 0.329 e. The predicted molar refractivity (Wildman–Crippen MR) is 71.9 cm³/mol. The van der Waals surface area contributed by atoms with E-state index in [2.05, 4.69) is 20.7 Å². The predicted octanol–water partition coefficient (Wildman–Crippen LogP) is 0.258. The number of para-hydroxylation sites is 1. The van der Waals surface area contributed by atoms with E-state index in [-0.39, 0.29) is 12.4 Å². The van der Waals surface area contributed by atoms with Gasteiger partial charge in [0.2, 0.25) is 0 Å². The molecule has 0 bridgehead atoms. The summed E-state index contributed by atoms with van der Waals surface area (Å²) in [6, 6.07) is 5.54. The molecule has 1 aromatic heterocycles. The van der Waals surface area contributed by atoms with Gasteiger partial charge in [-0.3, -0.25) is 10.2 Å². The topological polar surface area (TPSA) is 113 Å². The van der Waals surface area contributed by atoms with Crippen LogP contribution in [0.2, 0.25) is 0 Å². The number of aliphatic carboxylic acids is 1. The molecule has 2 aromatic rings. The van der Waals surface area contributed by atoms with Crippen LogP contribution in [0.1, 0.15) is 5.56 Å². The van der Waals surface area contributed by atoms with Crippen molar-refractivity contribution in [2.24, 2.45) is 7.05 Å². The number of tetrazole rings is 1. The second-order valence-electron chi connectivity index (χ2n) is 4.59. The van der Waals surface area contributed by atoms with E-state index >= 15 is 0 Å².